The highest BCUT2D eigenvalue weighted by Gasteiger charge is 2.27. The molecule has 2 aromatic heterocycles. The second kappa shape index (κ2) is 7.40. The van der Waals surface area contributed by atoms with E-state index in [0.29, 0.717) is 17.6 Å². The van der Waals surface area contributed by atoms with Crippen molar-refractivity contribution in [2.75, 3.05) is 13.1 Å². The first-order valence-corrected chi connectivity index (χ1v) is 10.6. The van der Waals surface area contributed by atoms with Crippen molar-refractivity contribution in [1.82, 2.24) is 19.4 Å². The maximum atomic E-state index is 13.0. The van der Waals surface area contributed by atoms with Crippen molar-refractivity contribution in [3.63, 3.8) is 0 Å². The molecule has 146 valence electrons. The third-order valence-electron chi connectivity index (χ3n) is 5.48. The highest BCUT2D eigenvalue weighted by atomic mass is 32.1. The van der Waals surface area contributed by atoms with Gasteiger partial charge in [-0.25, -0.2) is 9.97 Å². The van der Waals surface area contributed by atoms with Gasteiger partial charge in [0.1, 0.15) is 6.54 Å². The normalized spacial score (nSPS) is 17.1. The van der Waals surface area contributed by atoms with E-state index >= 15 is 0 Å². The quantitative estimate of drug-likeness (QED) is 0.525. The number of carbonyl (C=O) groups excluding carboxylic acids is 1. The average Bonchev–Trinajstić information content (AvgIpc) is 3.20. The van der Waals surface area contributed by atoms with E-state index in [2.05, 4.69) is 11.1 Å². The number of piperidine rings is 1. The molecular weight excluding hydrogens is 384 g/mol. The van der Waals surface area contributed by atoms with E-state index in [4.69, 9.17) is 4.98 Å². The Morgan fingerprint density at radius 3 is 2.76 bits per heavy atom. The van der Waals surface area contributed by atoms with Crippen LogP contribution in [0.2, 0.25) is 0 Å². The Labute approximate surface area is 171 Å². The summed E-state index contributed by atoms with van der Waals surface area (Å²) in [4.78, 5) is 36.2. The second-order valence-corrected chi connectivity index (χ2v) is 8.43. The van der Waals surface area contributed by atoms with Gasteiger partial charge in [0.05, 0.1) is 32.5 Å². The van der Waals surface area contributed by atoms with Crippen LogP contribution in [0.25, 0.3) is 21.3 Å². The standard InChI is InChI=1S/C22H20N4O2S/c27-20-12-23-16-7-1-3-9-18(16)26(20)14-21(28)25-11-5-6-15(13-25)22-24-17-8-2-4-10-19(17)29-22/h1-4,7-10,12,15H,5-6,11,13-14H2/t15-/m1/s1. The number of fused-ring (bicyclic) bond motifs is 2. The molecule has 0 spiro atoms. The number of amides is 1. The Bertz CT molecular complexity index is 1230. The highest BCUT2D eigenvalue weighted by molar-refractivity contribution is 7.18. The molecule has 0 unspecified atom stereocenters. The van der Waals surface area contributed by atoms with Crippen molar-refractivity contribution < 1.29 is 4.79 Å². The molecule has 0 radical (unpaired) electrons. The predicted octanol–water partition coefficient (Wildman–Crippen LogP) is 3.41. The van der Waals surface area contributed by atoms with Crippen LogP contribution < -0.4 is 5.56 Å². The minimum atomic E-state index is -0.253. The van der Waals surface area contributed by atoms with Gasteiger partial charge >= 0.3 is 0 Å². The molecule has 1 aliphatic rings. The lowest BCUT2D eigenvalue weighted by Crippen LogP contribution is -2.42. The van der Waals surface area contributed by atoms with Crippen LogP contribution in [0.4, 0.5) is 0 Å². The van der Waals surface area contributed by atoms with Crippen molar-refractivity contribution in [2.45, 2.75) is 25.3 Å². The zero-order valence-electron chi connectivity index (χ0n) is 15.8. The summed E-state index contributed by atoms with van der Waals surface area (Å²) < 4.78 is 2.70. The summed E-state index contributed by atoms with van der Waals surface area (Å²) in [7, 11) is 0. The summed E-state index contributed by atoms with van der Waals surface area (Å²) in [6, 6.07) is 15.5. The van der Waals surface area contributed by atoms with E-state index in [1.807, 2.05) is 47.4 Å². The van der Waals surface area contributed by atoms with E-state index in [9.17, 15) is 9.59 Å². The first-order chi connectivity index (χ1) is 14.2. The van der Waals surface area contributed by atoms with E-state index in [0.717, 1.165) is 29.9 Å². The van der Waals surface area contributed by atoms with Gasteiger partial charge < -0.3 is 4.90 Å². The predicted molar refractivity (Wildman–Crippen MR) is 114 cm³/mol. The van der Waals surface area contributed by atoms with Crippen LogP contribution in [0.3, 0.4) is 0 Å². The smallest absolute Gasteiger partial charge is 0.269 e. The van der Waals surface area contributed by atoms with Crippen LogP contribution in [0.5, 0.6) is 0 Å². The summed E-state index contributed by atoms with van der Waals surface area (Å²) in [5.74, 6) is 0.213. The Hall–Kier alpha value is -3.06. The fourth-order valence-corrected chi connectivity index (χ4v) is 5.08. The van der Waals surface area contributed by atoms with E-state index in [1.165, 1.54) is 15.5 Å². The SMILES string of the molecule is O=C(Cn1c(=O)cnc2ccccc21)N1CCC[C@@H](c2nc3ccccc3s2)C1. The number of benzene rings is 2. The molecule has 1 fully saturated rings. The zero-order chi connectivity index (χ0) is 19.8. The Morgan fingerprint density at radius 2 is 1.90 bits per heavy atom. The number of hydrogen-bond acceptors (Lipinski definition) is 5. The summed E-state index contributed by atoms with van der Waals surface area (Å²) in [5.41, 5.74) is 2.17. The van der Waals surface area contributed by atoms with Gasteiger partial charge in [0.25, 0.3) is 5.56 Å². The number of nitrogens with zero attached hydrogens (tertiary/aromatic N) is 4. The molecule has 3 heterocycles. The number of carbonyl (C=O) groups is 1. The lowest BCUT2D eigenvalue weighted by Gasteiger charge is -2.32. The number of likely N-dealkylation sites (tertiary alicyclic amines) is 1. The Kier molecular flexibility index (Phi) is 4.60. The van der Waals surface area contributed by atoms with E-state index in [1.54, 1.807) is 11.3 Å². The number of para-hydroxylation sites is 3. The third kappa shape index (κ3) is 3.42. The van der Waals surface area contributed by atoms with Gasteiger partial charge in [-0.2, -0.15) is 0 Å². The maximum Gasteiger partial charge on any atom is 0.269 e. The molecule has 0 aliphatic carbocycles. The van der Waals surface area contributed by atoms with Gasteiger partial charge in [-0.05, 0) is 37.1 Å². The molecule has 0 bridgehead atoms. The van der Waals surface area contributed by atoms with Crippen LogP contribution >= 0.6 is 11.3 Å². The maximum absolute atomic E-state index is 13.0. The third-order valence-corrected chi connectivity index (χ3v) is 6.68. The minimum absolute atomic E-state index is 0.0331. The highest BCUT2D eigenvalue weighted by Crippen LogP contribution is 2.33. The first-order valence-electron chi connectivity index (χ1n) is 9.77. The molecule has 0 saturated carbocycles. The number of rotatable bonds is 3. The molecule has 2 aromatic carbocycles. The second-order valence-electron chi connectivity index (χ2n) is 7.37. The van der Waals surface area contributed by atoms with Gasteiger partial charge in [0.2, 0.25) is 5.91 Å². The fraction of sp³-hybridized carbons (Fsp3) is 0.273. The monoisotopic (exact) mass is 404 g/mol. The molecule has 1 amide bonds. The summed E-state index contributed by atoms with van der Waals surface area (Å²) in [6.45, 7) is 1.41. The van der Waals surface area contributed by atoms with Crippen molar-refractivity contribution in [3.8, 4) is 0 Å². The molecule has 6 nitrogen and oxygen atoms in total. The van der Waals surface area contributed by atoms with E-state index in [-0.39, 0.29) is 23.9 Å². The Morgan fingerprint density at radius 1 is 1.10 bits per heavy atom. The van der Waals surface area contributed by atoms with Crippen molar-refractivity contribution in [1.29, 1.82) is 0 Å². The van der Waals surface area contributed by atoms with Crippen molar-refractivity contribution in [3.05, 3.63) is 70.1 Å². The van der Waals surface area contributed by atoms with Crippen LogP contribution in [-0.4, -0.2) is 38.4 Å². The lowest BCUT2D eigenvalue weighted by atomic mass is 9.98. The summed E-state index contributed by atoms with van der Waals surface area (Å²) in [5, 5.41) is 1.09. The fourth-order valence-electron chi connectivity index (χ4n) is 3.98. The van der Waals surface area contributed by atoms with Gasteiger partial charge in [-0.15, -0.1) is 11.3 Å². The lowest BCUT2D eigenvalue weighted by molar-refractivity contribution is -0.133. The van der Waals surface area contributed by atoms with Gasteiger partial charge in [0.15, 0.2) is 0 Å². The van der Waals surface area contributed by atoms with E-state index < -0.39 is 0 Å². The van der Waals surface area contributed by atoms with Crippen LogP contribution in [0.1, 0.15) is 23.8 Å². The number of hydrogen-bond donors (Lipinski definition) is 0. The minimum Gasteiger partial charge on any atom is -0.340 e. The molecule has 0 N–H and O–H groups in total. The molecule has 1 atom stereocenters. The number of aromatic nitrogens is 3. The van der Waals surface area contributed by atoms with Gasteiger partial charge in [0, 0.05) is 19.0 Å². The van der Waals surface area contributed by atoms with Crippen LogP contribution in [-0.2, 0) is 11.3 Å². The van der Waals surface area contributed by atoms with Gasteiger partial charge in [-0.3, -0.25) is 14.2 Å². The molecule has 29 heavy (non-hydrogen) atoms. The molecule has 7 heteroatoms. The number of thiazole rings is 1. The molecule has 4 aromatic rings. The van der Waals surface area contributed by atoms with Crippen LogP contribution in [0.15, 0.2) is 59.5 Å². The summed E-state index contributed by atoms with van der Waals surface area (Å²) in [6.07, 6.45) is 3.26. The summed E-state index contributed by atoms with van der Waals surface area (Å²) >= 11 is 1.71. The van der Waals surface area contributed by atoms with Crippen molar-refractivity contribution in [2.24, 2.45) is 0 Å². The topological polar surface area (TPSA) is 68.1 Å². The van der Waals surface area contributed by atoms with Gasteiger partial charge in [-0.1, -0.05) is 24.3 Å². The largest absolute Gasteiger partial charge is 0.340 e. The zero-order valence-corrected chi connectivity index (χ0v) is 16.6. The van der Waals surface area contributed by atoms with Crippen molar-refractivity contribution >= 4 is 38.5 Å². The molecule has 1 saturated heterocycles. The van der Waals surface area contributed by atoms with Crippen LogP contribution in [0, 0.1) is 0 Å². The average molecular weight is 404 g/mol. The molecule has 5 rings (SSSR count). The molecular formula is C22H20N4O2S. The first kappa shape index (κ1) is 18.0. The molecule has 1 aliphatic heterocycles. The Balaban J connectivity index is 1.38.